The lowest BCUT2D eigenvalue weighted by Crippen LogP contribution is -2.14. The number of ether oxygens (including phenoxy) is 2. The van der Waals surface area contributed by atoms with Gasteiger partial charge in [0.25, 0.3) is 0 Å². The maximum Gasteiger partial charge on any atom is 0.414 e. The number of aliphatic carboxylic acids is 2. The maximum atomic E-state index is 11.3. The molecular formula is C22H38N2O7. The average molecular weight is 443 g/mol. The lowest BCUT2D eigenvalue weighted by molar-refractivity contribution is -0.159. The summed E-state index contributed by atoms with van der Waals surface area (Å²) >= 11 is 0. The van der Waals surface area contributed by atoms with E-state index in [0.29, 0.717) is 19.8 Å². The van der Waals surface area contributed by atoms with Crippen molar-refractivity contribution in [3.63, 3.8) is 0 Å². The number of carbonyl (C=O) groups is 3. The second kappa shape index (κ2) is 20.6. The largest absolute Gasteiger partial charge is 0.473 e. The van der Waals surface area contributed by atoms with Gasteiger partial charge in [-0.25, -0.2) is 14.4 Å². The van der Waals surface area contributed by atoms with Crippen LogP contribution in [0.3, 0.4) is 0 Å². The van der Waals surface area contributed by atoms with Gasteiger partial charge in [-0.15, -0.1) is 0 Å². The van der Waals surface area contributed by atoms with E-state index in [1.54, 1.807) is 6.92 Å². The number of carboxylic acid groups (broad SMARTS) is 2. The van der Waals surface area contributed by atoms with Gasteiger partial charge in [-0.2, -0.15) is 0 Å². The molecular weight excluding hydrogens is 404 g/mol. The smallest absolute Gasteiger partial charge is 0.414 e. The molecule has 9 nitrogen and oxygen atoms in total. The standard InChI is InChI=1S/C13H19NO3.C5H11N.C2H2O4.C2H6/c1-3-9-16-10-11-7-5-6-8-12(11)14-13(15)17-4-2;1-6-4-2-3-5-6;3-1(4)2(5)6;1-2/h5-8H,3-4,9-10H2,1-2H3,(H,14,15);2-5H2,1H3;(H,3,4)(H,5,6);1-2H3. The first-order valence-electron chi connectivity index (χ1n) is 10.6. The Morgan fingerprint density at radius 1 is 1.03 bits per heavy atom. The molecule has 0 spiro atoms. The fourth-order valence-electron chi connectivity index (χ4n) is 2.25. The van der Waals surface area contributed by atoms with Crippen molar-refractivity contribution in [2.75, 3.05) is 38.7 Å². The quantitative estimate of drug-likeness (QED) is 0.445. The summed E-state index contributed by atoms with van der Waals surface area (Å²) in [6, 6.07) is 7.55. The van der Waals surface area contributed by atoms with Crippen LogP contribution in [0.2, 0.25) is 0 Å². The second-order valence-corrected chi connectivity index (χ2v) is 6.18. The Morgan fingerprint density at radius 3 is 2.00 bits per heavy atom. The Bertz CT molecular complexity index is 606. The predicted octanol–water partition coefficient (Wildman–Crippen LogP) is 4.08. The van der Waals surface area contributed by atoms with Gasteiger partial charge in [-0.05, 0) is 52.4 Å². The van der Waals surface area contributed by atoms with E-state index in [2.05, 4.69) is 24.2 Å². The summed E-state index contributed by atoms with van der Waals surface area (Å²) < 4.78 is 10.3. The van der Waals surface area contributed by atoms with Crippen molar-refractivity contribution in [3.05, 3.63) is 29.8 Å². The number of carboxylic acids is 2. The molecule has 1 fully saturated rings. The van der Waals surface area contributed by atoms with E-state index in [1.165, 1.54) is 25.9 Å². The zero-order valence-corrected chi connectivity index (χ0v) is 19.3. The van der Waals surface area contributed by atoms with Gasteiger partial charge in [0.15, 0.2) is 0 Å². The molecule has 1 aromatic rings. The third-order valence-electron chi connectivity index (χ3n) is 3.65. The van der Waals surface area contributed by atoms with E-state index in [0.717, 1.165) is 17.7 Å². The molecule has 178 valence electrons. The zero-order valence-electron chi connectivity index (χ0n) is 19.3. The topological polar surface area (TPSA) is 125 Å². The number of hydrogen-bond acceptors (Lipinski definition) is 6. The molecule has 9 heteroatoms. The number of carbonyl (C=O) groups excluding carboxylic acids is 1. The summed E-state index contributed by atoms with van der Waals surface area (Å²) in [5.74, 6) is -3.65. The maximum absolute atomic E-state index is 11.3. The number of anilines is 1. The van der Waals surface area contributed by atoms with Crippen molar-refractivity contribution in [1.29, 1.82) is 0 Å². The Kier molecular flexibility index (Phi) is 20.3. The molecule has 1 heterocycles. The molecule has 1 aliphatic heterocycles. The van der Waals surface area contributed by atoms with Crippen molar-refractivity contribution in [2.24, 2.45) is 0 Å². The Labute approximate surface area is 185 Å². The molecule has 0 radical (unpaired) electrons. The summed E-state index contributed by atoms with van der Waals surface area (Å²) in [4.78, 5) is 31.9. The van der Waals surface area contributed by atoms with Gasteiger partial charge < -0.3 is 24.6 Å². The summed E-state index contributed by atoms with van der Waals surface area (Å²) in [5.41, 5.74) is 1.69. The SMILES string of the molecule is CC.CCCOCc1ccccc1NC(=O)OCC.CN1CCCC1.O=C(O)C(=O)O. The Hall–Kier alpha value is -2.65. The number of nitrogens with one attached hydrogen (secondary N) is 1. The highest BCUT2D eigenvalue weighted by molar-refractivity contribution is 6.27. The molecule has 3 N–H and O–H groups in total. The van der Waals surface area contributed by atoms with E-state index >= 15 is 0 Å². The van der Waals surface area contributed by atoms with Crippen LogP contribution in [0, 0.1) is 0 Å². The van der Waals surface area contributed by atoms with Gasteiger partial charge in [-0.1, -0.05) is 39.0 Å². The number of amides is 1. The molecule has 0 aliphatic carbocycles. The fourth-order valence-corrected chi connectivity index (χ4v) is 2.25. The lowest BCUT2D eigenvalue weighted by Gasteiger charge is -2.10. The molecule has 31 heavy (non-hydrogen) atoms. The summed E-state index contributed by atoms with van der Waals surface area (Å²) in [6.45, 7) is 12.0. The van der Waals surface area contributed by atoms with Gasteiger partial charge in [0.1, 0.15) is 0 Å². The predicted molar refractivity (Wildman–Crippen MR) is 120 cm³/mol. The van der Waals surface area contributed by atoms with Gasteiger partial charge in [0.05, 0.1) is 13.2 Å². The first-order chi connectivity index (χ1) is 14.8. The first-order valence-corrected chi connectivity index (χ1v) is 10.6. The van der Waals surface area contributed by atoms with Crippen LogP contribution >= 0.6 is 0 Å². The average Bonchev–Trinajstić information content (AvgIpc) is 3.23. The van der Waals surface area contributed by atoms with Crippen molar-refractivity contribution in [2.45, 2.75) is 53.6 Å². The number of likely N-dealkylation sites (tertiary alicyclic amines) is 1. The number of benzene rings is 1. The number of hydrogen-bond donors (Lipinski definition) is 3. The molecule has 0 aromatic heterocycles. The summed E-state index contributed by atoms with van der Waals surface area (Å²) in [6.07, 6.45) is 3.37. The third-order valence-corrected chi connectivity index (χ3v) is 3.65. The zero-order chi connectivity index (χ0) is 24.1. The van der Waals surface area contributed by atoms with E-state index < -0.39 is 18.0 Å². The van der Waals surface area contributed by atoms with Crippen LogP contribution in [0.15, 0.2) is 24.3 Å². The molecule has 0 unspecified atom stereocenters. The first kappa shape index (κ1) is 30.5. The van der Waals surface area contributed by atoms with Gasteiger partial charge >= 0.3 is 18.0 Å². The number of nitrogens with zero attached hydrogens (tertiary/aromatic N) is 1. The minimum atomic E-state index is -1.82. The minimum Gasteiger partial charge on any atom is -0.473 e. The third kappa shape index (κ3) is 17.9. The van der Waals surface area contributed by atoms with Crippen molar-refractivity contribution >= 4 is 23.7 Å². The molecule has 1 saturated heterocycles. The minimum absolute atomic E-state index is 0.361. The normalized spacial score (nSPS) is 12.0. The van der Waals surface area contributed by atoms with E-state index in [4.69, 9.17) is 29.3 Å². The van der Waals surface area contributed by atoms with Crippen LogP contribution in [-0.2, 0) is 25.7 Å². The van der Waals surface area contributed by atoms with Crippen LogP contribution < -0.4 is 5.32 Å². The Balaban J connectivity index is 0. The Morgan fingerprint density at radius 2 is 1.58 bits per heavy atom. The molecule has 0 saturated carbocycles. The second-order valence-electron chi connectivity index (χ2n) is 6.18. The van der Waals surface area contributed by atoms with Crippen molar-refractivity contribution < 1.29 is 34.1 Å². The van der Waals surface area contributed by atoms with E-state index in [9.17, 15) is 4.79 Å². The molecule has 1 amide bonds. The molecule has 1 aliphatic rings. The van der Waals surface area contributed by atoms with Gasteiger partial charge in [-0.3, -0.25) is 5.32 Å². The van der Waals surface area contributed by atoms with Crippen LogP contribution in [0.4, 0.5) is 10.5 Å². The molecule has 0 bridgehead atoms. The number of rotatable bonds is 6. The lowest BCUT2D eigenvalue weighted by atomic mass is 10.2. The van der Waals surface area contributed by atoms with Gasteiger partial charge in [0, 0.05) is 17.9 Å². The molecule has 0 atom stereocenters. The molecule has 1 aromatic carbocycles. The van der Waals surface area contributed by atoms with Crippen LogP contribution in [0.25, 0.3) is 0 Å². The summed E-state index contributed by atoms with van der Waals surface area (Å²) in [7, 11) is 2.17. The van der Waals surface area contributed by atoms with Gasteiger partial charge in [0.2, 0.25) is 0 Å². The molecule has 2 rings (SSSR count). The van der Waals surface area contributed by atoms with E-state index in [1.807, 2.05) is 38.1 Å². The van der Waals surface area contributed by atoms with Crippen molar-refractivity contribution in [3.8, 4) is 0 Å². The number of para-hydroxylation sites is 1. The van der Waals surface area contributed by atoms with Crippen LogP contribution in [0.1, 0.15) is 52.5 Å². The highest BCUT2D eigenvalue weighted by atomic mass is 16.5. The highest BCUT2D eigenvalue weighted by Crippen LogP contribution is 2.16. The van der Waals surface area contributed by atoms with Crippen LogP contribution in [-0.4, -0.2) is 66.5 Å². The van der Waals surface area contributed by atoms with Crippen molar-refractivity contribution in [1.82, 2.24) is 4.90 Å². The fraction of sp³-hybridized carbons (Fsp3) is 0.591. The van der Waals surface area contributed by atoms with Crippen LogP contribution in [0.5, 0.6) is 0 Å². The van der Waals surface area contributed by atoms with E-state index in [-0.39, 0.29) is 0 Å². The summed E-state index contributed by atoms with van der Waals surface area (Å²) in [5, 5.41) is 17.5. The monoisotopic (exact) mass is 442 g/mol. The highest BCUT2D eigenvalue weighted by Gasteiger charge is 2.06.